The number of rotatable bonds is 4. The molecular formula is C16H20FN3O. The molecule has 4 nitrogen and oxygen atoms in total. The predicted molar refractivity (Wildman–Crippen MR) is 79.4 cm³/mol. The Hall–Kier alpha value is -2.17. The third-order valence-corrected chi connectivity index (χ3v) is 3.46. The lowest BCUT2D eigenvalue weighted by Crippen LogP contribution is -2.34. The van der Waals surface area contributed by atoms with E-state index in [0.29, 0.717) is 0 Å². The van der Waals surface area contributed by atoms with E-state index in [2.05, 4.69) is 10.3 Å². The van der Waals surface area contributed by atoms with Crippen molar-refractivity contribution in [1.82, 2.24) is 14.9 Å². The molecule has 1 unspecified atom stereocenters. The second kappa shape index (κ2) is 6.08. The van der Waals surface area contributed by atoms with Crippen molar-refractivity contribution in [3.63, 3.8) is 0 Å². The van der Waals surface area contributed by atoms with Gasteiger partial charge in [0.25, 0.3) is 5.91 Å². The van der Waals surface area contributed by atoms with Crippen LogP contribution < -0.4 is 5.32 Å². The average Bonchev–Trinajstić information content (AvgIpc) is 2.81. The SMILES string of the molecule is Cc1ccc(C(=O)NC(c2nccn2C)C(C)C)c(F)c1. The maximum Gasteiger partial charge on any atom is 0.254 e. The highest BCUT2D eigenvalue weighted by atomic mass is 19.1. The normalized spacial score (nSPS) is 12.5. The Morgan fingerprint density at radius 2 is 2.10 bits per heavy atom. The number of halogens is 1. The van der Waals surface area contributed by atoms with Crippen molar-refractivity contribution in [2.24, 2.45) is 13.0 Å². The molecule has 1 N–H and O–H groups in total. The molecule has 1 aromatic heterocycles. The maximum absolute atomic E-state index is 13.9. The van der Waals surface area contributed by atoms with Gasteiger partial charge in [0.05, 0.1) is 11.6 Å². The van der Waals surface area contributed by atoms with E-state index >= 15 is 0 Å². The highest BCUT2D eigenvalue weighted by Gasteiger charge is 2.23. The van der Waals surface area contributed by atoms with Gasteiger partial charge in [0.15, 0.2) is 0 Å². The first-order valence-corrected chi connectivity index (χ1v) is 6.94. The molecule has 0 fully saturated rings. The van der Waals surface area contributed by atoms with Crippen molar-refractivity contribution >= 4 is 5.91 Å². The predicted octanol–water partition coefficient (Wildman–Crippen LogP) is 2.99. The van der Waals surface area contributed by atoms with E-state index in [0.717, 1.165) is 11.4 Å². The van der Waals surface area contributed by atoms with Gasteiger partial charge in [0.2, 0.25) is 0 Å². The van der Waals surface area contributed by atoms with Crippen LogP contribution in [0.3, 0.4) is 0 Å². The highest BCUT2D eigenvalue weighted by molar-refractivity contribution is 5.94. The minimum atomic E-state index is -0.505. The van der Waals surface area contributed by atoms with Crippen LogP contribution >= 0.6 is 0 Å². The monoisotopic (exact) mass is 289 g/mol. The molecule has 5 heteroatoms. The summed E-state index contributed by atoms with van der Waals surface area (Å²) in [6.45, 7) is 5.77. The summed E-state index contributed by atoms with van der Waals surface area (Å²) < 4.78 is 15.8. The first-order valence-electron chi connectivity index (χ1n) is 6.94. The van der Waals surface area contributed by atoms with Gasteiger partial charge >= 0.3 is 0 Å². The smallest absolute Gasteiger partial charge is 0.254 e. The Labute approximate surface area is 124 Å². The van der Waals surface area contributed by atoms with Crippen LogP contribution in [0.4, 0.5) is 4.39 Å². The zero-order valence-corrected chi connectivity index (χ0v) is 12.7. The van der Waals surface area contributed by atoms with Gasteiger partial charge < -0.3 is 9.88 Å². The molecule has 0 aliphatic rings. The molecule has 0 radical (unpaired) electrons. The zero-order valence-electron chi connectivity index (χ0n) is 12.7. The number of benzene rings is 1. The molecule has 1 atom stereocenters. The molecular weight excluding hydrogens is 269 g/mol. The summed E-state index contributed by atoms with van der Waals surface area (Å²) in [4.78, 5) is 16.6. The van der Waals surface area contributed by atoms with E-state index in [9.17, 15) is 9.18 Å². The van der Waals surface area contributed by atoms with E-state index in [1.807, 2.05) is 31.7 Å². The molecule has 1 amide bonds. The van der Waals surface area contributed by atoms with Crippen LogP contribution in [0.5, 0.6) is 0 Å². The first-order chi connectivity index (χ1) is 9.90. The lowest BCUT2D eigenvalue weighted by Gasteiger charge is -2.22. The third kappa shape index (κ3) is 3.29. The van der Waals surface area contributed by atoms with Gasteiger partial charge in [-0.2, -0.15) is 0 Å². The van der Waals surface area contributed by atoms with Gasteiger partial charge in [-0.25, -0.2) is 9.37 Å². The van der Waals surface area contributed by atoms with Crippen LogP contribution in [-0.4, -0.2) is 15.5 Å². The second-order valence-corrected chi connectivity index (χ2v) is 5.57. The average molecular weight is 289 g/mol. The molecule has 2 aromatic rings. The minimum absolute atomic E-state index is 0.0560. The lowest BCUT2D eigenvalue weighted by atomic mass is 10.0. The second-order valence-electron chi connectivity index (χ2n) is 5.57. The fourth-order valence-corrected chi connectivity index (χ4v) is 2.23. The molecule has 0 saturated carbocycles. The number of carbonyl (C=O) groups excluding carboxylic acids is 1. The number of amides is 1. The molecule has 0 aliphatic heterocycles. The summed E-state index contributed by atoms with van der Waals surface area (Å²) in [6, 6.07) is 4.33. The van der Waals surface area contributed by atoms with E-state index in [1.54, 1.807) is 19.2 Å². The van der Waals surface area contributed by atoms with Crippen molar-refractivity contribution in [2.75, 3.05) is 0 Å². The van der Waals surface area contributed by atoms with E-state index < -0.39 is 11.7 Å². The van der Waals surface area contributed by atoms with E-state index in [1.165, 1.54) is 12.1 Å². The number of aromatic nitrogens is 2. The number of hydrogen-bond donors (Lipinski definition) is 1. The molecule has 1 aromatic carbocycles. The Balaban J connectivity index is 2.25. The fraction of sp³-hybridized carbons (Fsp3) is 0.375. The first kappa shape index (κ1) is 15.2. The summed E-state index contributed by atoms with van der Waals surface area (Å²) in [5, 5.41) is 2.87. The van der Waals surface area contributed by atoms with Crippen molar-refractivity contribution in [1.29, 1.82) is 0 Å². The van der Waals surface area contributed by atoms with Crippen LogP contribution in [0, 0.1) is 18.7 Å². The third-order valence-electron chi connectivity index (χ3n) is 3.46. The van der Waals surface area contributed by atoms with Gasteiger partial charge in [-0.1, -0.05) is 19.9 Å². The molecule has 0 saturated heterocycles. The molecule has 0 bridgehead atoms. The van der Waals surface area contributed by atoms with Crippen molar-refractivity contribution in [2.45, 2.75) is 26.8 Å². The van der Waals surface area contributed by atoms with Crippen LogP contribution in [0.1, 0.15) is 41.6 Å². The number of hydrogen-bond acceptors (Lipinski definition) is 2. The van der Waals surface area contributed by atoms with Crippen molar-refractivity contribution < 1.29 is 9.18 Å². The number of aryl methyl sites for hydroxylation is 2. The number of carbonyl (C=O) groups is 1. The quantitative estimate of drug-likeness (QED) is 0.940. The van der Waals surface area contributed by atoms with Gasteiger partial charge in [-0.15, -0.1) is 0 Å². The summed E-state index contributed by atoms with van der Waals surface area (Å²) in [6.07, 6.45) is 3.51. The Morgan fingerprint density at radius 3 is 2.62 bits per heavy atom. The standard InChI is InChI=1S/C16H20FN3O/c1-10(2)14(15-18-7-8-20(15)4)19-16(21)12-6-5-11(3)9-13(12)17/h5-10,14H,1-4H3,(H,19,21). The molecule has 112 valence electrons. The summed E-state index contributed by atoms with van der Waals surface area (Å²) >= 11 is 0. The molecule has 2 rings (SSSR count). The number of imidazole rings is 1. The maximum atomic E-state index is 13.9. The van der Waals surface area contributed by atoms with Gasteiger partial charge in [-0.05, 0) is 30.5 Å². The molecule has 21 heavy (non-hydrogen) atoms. The largest absolute Gasteiger partial charge is 0.342 e. The van der Waals surface area contributed by atoms with E-state index in [4.69, 9.17) is 0 Å². The van der Waals surface area contributed by atoms with Crippen molar-refractivity contribution in [3.05, 3.63) is 53.4 Å². The summed E-state index contributed by atoms with van der Waals surface area (Å²) in [7, 11) is 1.87. The topological polar surface area (TPSA) is 46.9 Å². The Morgan fingerprint density at radius 1 is 1.38 bits per heavy atom. The summed E-state index contributed by atoms with van der Waals surface area (Å²) in [5.41, 5.74) is 0.842. The van der Waals surface area contributed by atoms with Crippen LogP contribution in [0.2, 0.25) is 0 Å². The van der Waals surface area contributed by atoms with Crippen molar-refractivity contribution in [3.8, 4) is 0 Å². The van der Waals surface area contributed by atoms with Gasteiger partial charge in [0.1, 0.15) is 11.6 Å². The highest BCUT2D eigenvalue weighted by Crippen LogP contribution is 2.21. The Bertz CT molecular complexity index is 649. The molecule has 1 heterocycles. The zero-order chi connectivity index (χ0) is 15.6. The van der Waals surface area contributed by atoms with Crippen LogP contribution in [0.25, 0.3) is 0 Å². The van der Waals surface area contributed by atoms with Gasteiger partial charge in [0, 0.05) is 19.4 Å². The fourth-order valence-electron chi connectivity index (χ4n) is 2.23. The molecule has 0 spiro atoms. The minimum Gasteiger partial charge on any atom is -0.342 e. The van der Waals surface area contributed by atoms with Crippen LogP contribution in [0.15, 0.2) is 30.6 Å². The lowest BCUT2D eigenvalue weighted by molar-refractivity contribution is 0.0918. The summed E-state index contributed by atoms with van der Waals surface area (Å²) in [5.74, 6) is -0.0292. The molecule has 0 aliphatic carbocycles. The van der Waals surface area contributed by atoms with Crippen LogP contribution in [-0.2, 0) is 7.05 Å². The number of nitrogens with zero attached hydrogens (tertiary/aromatic N) is 2. The number of nitrogens with one attached hydrogen (secondary N) is 1. The van der Waals surface area contributed by atoms with Gasteiger partial charge in [-0.3, -0.25) is 4.79 Å². The van der Waals surface area contributed by atoms with E-state index in [-0.39, 0.29) is 17.5 Å². The Kier molecular flexibility index (Phi) is 4.40.